The summed E-state index contributed by atoms with van der Waals surface area (Å²) in [5.74, 6) is 7.09. The number of hydrogen-bond donors (Lipinski definition) is 0. The Labute approximate surface area is 125 Å². The summed E-state index contributed by atoms with van der Waals surface area (Å²) in [5, 5.41) is 0. The predicted molar refractivity (Wildman–Crippen MR) is 87.4 cm³/mol. The second-order valence-corrected chi connectivity index (χ2v) is 6.12. The zero-order valence-corrected chi connectivity index (χ0v) is 12.8. The number of likely N-dealkylation sites (N-methyl/N-ethyl adjacent to an activating group) is 1. The van der Waals surface area contributed by atoms with E-state index in [1.807, 2.05) is 30.3 Å². The molecular formula is C15H18N2S2. The van der Waals surface area contributed by atoms with E-state index in [0.29, 0.717) is 0 Å². The summed E-state index contributed by atoms with van der Waals surface area (Å²) in [5.41, 5.74) is 1.06. The van der Waals surface area contributed by atoms with Crippen LogP contribution in [0.5, 0.6) is 0 Å². The van der Waals surface area contributed by atoms with Gasteiger partial charge in [0.2, 0.25) is 0 Å². The van der Waals surface area contributed by atoms with E-state index in [2.05, 4.69) is 28.7 Å². The van der Waals surface area contributed by atoms with Crippen LogP contribution in [-0.2, 0) is 0 Å². The number of benzene rings is 1. The van der Waals surface area contributed by atoms with E-state index in [4.69, 9.17) is 12.2 Å². The molecule has 0 bridgehead atoms. The van der Waals surface area contributed by atoms with Crippen molar-refractivity contribution in [2.75, 3.05) is 39.0 Å². The van der Waals surface area contributed by atoms with E-state index in [1.165, 1.54) is 0 Å². The summed E-state index contributed by atoms with van der Waals surface area (Å²) in [7, 11) is 2.15. The van der Waals surface area contributed by atoms with Crippen LogP contribution in [0.1, 0.15) is 5.56 Å². The van der Waals surface area contributed by atoms with Crippen molar-refractivity contribution in [1.82, 2.24) is 9.80 Å². The van der Waals surface area contributed by atoms with Gasteiger partial charge in [0.25, 0.3) is 0 Å². The average Bonchev–Trinajstić information content (AvgIpc) is 2.45. The largest absolute Gasteiger partial charge is 0.355 e. The molecule has 2 nitrogen and oxygen atoms in total. The van der Waals surface area contributed by atoms with Crippen LogP contribution in [0.4, 0.5) is 0 Å². The molecule has 0 radical (unpaired) electrons. The van der Waals surface area contributed by atoms with E-state index < -0.39 is 0 Å². The molecule has 0 unspecified atom stereocenters. The van der Waals surface area contributed by atoms with Gasteiger partial charge in [-0.05, 0) is 19.2 Å². The third-order valence-corrected chi connectivity index (χ3v) is 4.44. The minimum Gasteiger partial charge on any atom is -0.355 e. The maximum absolute atomic E-state index is 5.45. The first-order valence-electron chi connectivity index (χ1n) is 6.40. The van der Waals surface area contributed by atoms with Crippen molar-refractivity contribution in [2.24, 2.45) is 0 Å². The lowest BCUT2D eigenvalue weighted by Gasteiger charge is -2.33. The van der Waals surface area contributed by atoms with Crippen LogP contribution in [0, 0.1) is 11.8 Å². The van der Waals surface area contributed by atoms with Crippen LogP contribution in [0.15, 0.2) is 30.3 Å². The monoisotopic (exact) mass is 290 g/mol. The van der Waals surface area contributed by atoms with Gasteiger partial charge in [0, 0.05) is 31.7 Å². The molecule has 0 aromatic heterocycles. The van der Waals surface area contributed by atoms with E-state index in [9.17, 15) is 0 Å². The molecule has 0 amide bonds. The van der Waals surface area contributed by atoms with Gasteiger partial charge < -0.3 is 9.80 Å². The van der Waals surface area contributed by atoms with Crippen molar-refractivity contribution in [3.8, 4) is 11.8 Å². The van der Waals surface area contributed by atoms with Gasteiger partial charge >= 0.3 is 0 Å². The first kappa shape index (κ1) is 14.4. The van der Waals surface area contributed by atoms with Crippen LogP contribution in [0.2, 0.25) is 0 Å². The van der Waals surface area contributed by atoms with Gasteiger partial charge in [0.1, 0.15) is 4.32 Å². The number of nitrogens with zero attached hydrogens (tertiary/aromatic N) is 2. The Morgan fingerprint density at radius 1 is 1.21 bits per heavy atom. The molecule has 1 heterocycles. The maximum Gasteiger partial charge on any atom is 0.137 e. The fourth-order valence-electron chi connectivity index (χ4n) is 1.84. The molecule has 4 heteroatoms. The highest BCUT2D eigenvalue weighted by molar-refractivity contribution is 8.23. The van der Waals surface area contributed by atoms with Gasteiger partial charge in [-0.3, -0.25) is 0 Å². The molecule has 1 fully saturated rings. The molecule has 0 N–H and O–H groups in total. The summed E-state index contributed by atoms with van der Waals surface area (Å²) in [4.78, 5) is 4.61. The van der Waals surface area contributed by atoms with Crippen LogP contribution in [0.3, 0.4) is 0 Å². The summed E-state index contributed by atoms with van der Waals surface area (Å²) in [6.45, 7) is 4.26. The minimum atomic E-state index is 0.764. The molecule has 1 aromatic carbocycles. The molecule has 0 atom stereocenters. The maximum atomic E-state index is 5.45. The molecule has 1 aliphatic heterocycles. The Kier molecular flexibility index (Phi) is 5.71. The van der Waals surface area contributed by atoms with Gasteiger partial charge in [-0.2, -0.15) is 0 Å². The van der Waals surface area contributed by atoms with Crippen LogP contribution >= 0.6 is 24.0 Å². The fraction of sp³-hybridized carbons (Fsp3) is 0.400. The lowest BCUT2D eigenvalue weighted by Crippen LogP contribution is -2.45. The summed E-state index contributed by atoms with van der Waals surface area (Å²) in [6.07, 6.45) is 0. The standard InChI is InChI=1S/C15H18N2S2/c1-16-9-11-17(12-10-16)15(18)19-13-5-8-14-6-3-2-4-7-14/h2-4,6-7H,9-13H2,1H3. The topological polar surface area (TPSA) is 6.48 Å². The lowest BCUT2D eigenvalue weighted by atomic mass is 10.2. The Morgan fingerprint density at radius 3 is 2.58 bits per heavy atom. The highest BCUT2D eigenvalue weighted by Gasteiger charge is 2.15. The molecule has 1 saturated heterocycles. The molecule has 19 heavy (non-hydrogen) atoms. The predicted octanol–water partition coefficient (Wildman–Crippen LogP) is 2.30. The molecule has 0 saturated carbocycles. The van der Waals surface area contributed by atoms with Gasteiger partial charge in [-0.25, -0.2) is 0 Å². The molecule has 1 aliphatic rings. The first-order valence-corrected chi connectivity index (χ1v) is 7.79. The summed E-state index contributed by atoms with van der Waals surface area (Å²) < 4.78 is 0.982. The van der Waals surface area contributed by atoms with Gasteiger partial charge in [-0.1, -0.05) is 54.0 Å². The van der Waals surface area contributed by atoms with E-state index in [0.717, 1.165) is 41.8 Å². The smallest absolute Gasteiger partial charge is 0.137 e. The Bertz CT molecular complexity index is 468. The number of thiocarbonyl (C=S) groups is 1. The number of piperazine rings is 1. The number of thioether (sulfide) groups is 1. The first-order chi connectivity index (χ1) is 9.25. The van der Waals surface area contributed by atoms with Crippen molar-refractivity contribution >= 4 is 28.3 Å². The van der Waals surface area contributed by atoms with Crippen molar-refractivity contribution in [1.29, 1.82) is 0 Å². The SMILES string of the molecule is CN1CCN(C(=S)SCC#Cc2ccccc2)CC1. The number of hydrogen-bond acceptors (Lipinski definition) is 3. The molecule has 2 rings (SSSR count). The molecule has 1 aromatic rings. The highest BCUT2D eigenvalue weighted by Crippen LogP contribution is 2.11. The van der Waals surface area contributed by atoms with Crippen molar-refractivity contribution in [3.05, 3.63) is 35.9 Å². The zero-order chi connectivity index (χ0) is 13.5. The third-order valence-electron chi connectivity index (χ3n) is 3.04. The van der Waals surface area contributed by atoms with Crippen LogP contribution in [-0.4, -0.2) is 53.1 Å². The quantitative estimate of drug-likeness (QED) is 0.578. The van der Waals surface area contributed by atoms with E-state index in [1.54, 1.807) is 11.8 Å². The highest BCUT2D eigenvalue weighted by atomic mass is 32.2. The average molecular weight is 290 g/mol. The fourth-order valence-corrected chi connectivity index (χ4v) is 2.83. The Morgan fingerprint density at radius 2 is 1.89 bits per heavy atom. The molecule has 0 spiro atoms. The zero-order valence-electron chi connectivity index (χ0n) is 11.1. The molecule has 0 aliphatic carbocycles. The van der Waals surface area contributed by atoms with E-state index in [-0.39, 0.29) is 0 Å². The van der Waals surface area contributed by atoms with Crippen LogP contribution < -0.4 is 0 Å². The normalized spacial score (nSPS) is 15.7. The summed E-state index contributed by atoms with van der Waals surface area (Å²) in [6, 6.07) is 10.1. The molecule has 100 valence electrons. The Balaban J connectivity index is 1.74. The molecular weight excluding hydrogens is 272 g/mol. The van der Waals surface area contributed by atoms with Crippen molar-refractivity contribution < 1.29 is 0 Å². The third kappa shape index (κ3) is 4.87. The second kappa shape index (κ2) is 7.54. The van der Waals surface area contributed by atoms with Crippen molar-refractivity contribution in [2.45, 2.75) is 0 Å². The minimum absolute atomic E-state index is 0.764. The lowest BCUT2D eigenvalue weighted by molar-refractivity contribution is 0.220. The number of rotatable bonds is 1. The van der Waals surface area contributed by atoms with E-state index >= 15 is 0 Å². The van der Waals surface area contributed by atoms with Crippen LogP contribution in [0.25, 0.3) is 0 Å². The Hall–Kier alpha value is -1.02. The summed E-state index contributed by atoms with van der Waals surface area (Å²) >= 11 is 7.11. The van der Waals surface area contributed by atoms with Gasteiger partial charge in [-0.15, -0.1) is 0 Å². The van der Waals surface area contributed by atoms with Crippen molar-refractivity contribution in [3.63, 3.8) is 0 Å². The van der Waals surface area contributed by atoms with Gasteiger partial charge in [0.15, 0.2) is 0 Å². The second-order valence-electron chi connectivity index (χ2n) is 4.51. The van der Waals surface area contributed by atoms with Gasteiger partial charge in [0.05, 0.1) is 5.75 Å².